The number of nitrogens with zero attached hydrogens (tertiary/aromatic N) is 1. The maximum atomic E-state index is 3.88. The highest BCUT2D eigenvalue weighted by atomic mass is 15.3. The van der Waals surface area contributed by atoms with E-state index in [-0.39, 0.29) is 0 Å². The monoisotopic (exact) mass is 278 g/mol. The molecule has 2 heteroatoms. The van der Waals surface area contributed by atoms with Crippen LogP contribution < -0.4 is 5.32 Å². The summed E-state index contributed by atoms with van der Waals surface area (Å²) in [7, 11) is 0. The van der Waals surface area contributed by atoms with Crippen molar-refractivity contribution in [2.24, 2.45) is 11.8 Å². The molecule has 3 aliphatic rings. The minimum absolute atomic E-state index is 0.734. The molecule has 1 heterocycles. The normalized spacial score (nSPS) is 35.7. The first kappa shape index (κ1) is 14.8. The van der Waals surface area contributed by atoms with Crippen molar-refractivity contribution in [3.05, 3.63) is 0 Å². The molecule has 1 aliphatic heterocycles. The first-order valence-corrected chi connectivity index (χ1v) is 9.28. The summed E-state index contributed by atoms with van der Waals surface area (Å²) in [5, 5.41) is 3.88. The fourth-order valence-electron chi connectivity index (χ4n) is 4.41. The number of hydrogen-bond acceptors (Lipinski definition) is 2. The van der Waals surface area contributed by atoms with E-state index in [1.54, 1.807) is 0 Å². The molecule has 2 aliphatic carbocycles. The molecule has 3 atom stereocenters. The predicted molar refractivity (Wildman–Crippen MR) is 86.0 cm³/mol. The molecule has 3 rings (SSSR count). The van der Waals surface area contributed by atoms with Crippen molar-refractivity contribution in [1.29, 1.82) is 0 Å². The van der Waals surface area contributed by atoms with Crippen molar-refractivity contribution >= 4 is 0 Å². The SMILES string of the molecule is CCC(C)C1CN(C2CCCCCC2)C(C2CC2)CN1. The molecule has 116 valence electrons. The molecule has 0 aromatic heterocycles. The smallest absolute Gasteiger partial charge is 0.0252 e. The Labute approximate surface area is 125 Å². The van der Waals surface area contributed by atoms with Crippen LogP contribution in [0.3, 0.4) is 0 Å². The number of hydrogen-bond donors (Lipinski definition) is 1. The van der Waals surface area contributed by atoms with Gasteiger partial charge < -0.3 is 5.32 Å². The summed E-state index contributed by atoms with van der Waals surface area (Å²) in [6, 6.07) is 2.49. The summed E-state index contributed by atoms with van der Waals surface area (Å²) in [4.78, 5) is 2.97. The first-order valence-electron chi connectivity index (χ1n) is 9.28. The Morgan fingerprint density at radius 3 is 2.35 bits per heavy atom. The summed E-state index contributed by atoms with van der Waals surface area (Å²) in [6.45, 7) is 7.35. The lowest BCUT2D eigenvalue weighted by Crippen LogP contribution is -2.61. The van der Waals surface area contributed by atoms with Gasteiger partial charge in [-0.3, -0.25) is 4.90 Å². The van der Waals surface area contributed by atoms with Gasteiger partial charge in [0.15, 0.2) is 0 Å². The highest BCUT2D eigenvalue weighted by molar-refractivity contribution is 4.98. The lowest BCUT2D eigenvalue weighted by atomic mass is 9.91. The zero-order valence-electron chi connectivity index (χ0n) is 13.6. The summed E-state index contributed by atoms with van der Waals surface area (Å²) < 4.78 is 0. The van der Waals surface area contributed by atoms with Crippen molar-refractivity contribution < 1.29 is 0 Å². The Hall–Kier alpha value is -0.0800. The van der Waals surface area contributed by atoms with Gasteiger partial charge in [-0.1, -0.05) is 46.0 Å². The average Bonchev–Trinajstić information content (AvgIpc) is 3.32. The summed E-state index contributed by atoms with van der Waals surface area (Å²) in [5.74, 6) is 1.84. The fraction of sp³-hybridized carbons (Fsp3) is 1.00. The molecule has 2 nitrogen and oxygen atoms in total. The first-order chi connectivity index (χ1) is 9.79. The number of rotatable bonds is 4. The van der Waals surface area contributed by atoms with Gasteiger partial charge in [-0.2, -0.15) is 0 Å². The highest BCUT2D eigenvalue weighted by Gasteiger charge is 2.41. The van der Waals surface area contributed by atoms with Crippen molar-refractivity contribution in [2.45, 2.75) is 89.8 Å². The molecule has 0 radical (unpaired) electrons. The molecule has 2 saturated carbocycles. The van der Waals surface area contributed by atoms with Gasteiger partial charge in [-0.15, -0.1) is 0 Å². The van der Waals surface area contributed by atoms with E-state index in [4.69, 9.17) is 0 Å². The largest absolute Gasteiger partial charge is 0.311 e. The highest BCUT2D eigenvalue weighted by Crippen LogP contribution is 2.39. The average molecular weight is 278 g/mol. The van der Waals surface area contributed by atoms with Crippen LogP contribution in [-0.4, -0.2) is 36.1 Å². The van der Waals surface area contributed by atoms with E-state index in [1.807, 2.05) is 0 Å². The van der Waals surface area contributed by atoms with Crippen LogP contribution in [0.1, 0.15) is 71.6 Å². The third kappa shape index (κ3) is 3.39. The molecular weight excluding hydrogens is 244 g/mol. The maximum Gasteiger partial charge on any atom is 0.0252 e. The van der Waals surface area contributed by atoms with Gasteiger partial charge in [-0.25, -0.2) is 0 Å². The molecule has 0 amide bonds. The van der Waals surface area contributed by atoms with E-state index in [2.05, 4.69) is 24.1 Å². The van der Waals surface area contributed by atoms with Crippen LogP contribution in [0.5, 0.6) is 0 Å². The predicted octanol–water partition coefficient (Wildman–Crippen LogP) is 3.81. The van der Waals surface area contributed by atoms with E-state index in [0.29, 0.717) is 0 Å². The van der Waals surface area contributed by atoms with Gasteiger partial charge in [0.2, 0.25) is 0 Å². The summed E-state index contributed by atoms with van der Waals surface area (Å²) >= 11 is 0. The van der Waals surface area contributed by atoms with E-state index < -0.39 is 0 Å². The lowest BCUT2D eigenvalue weighted by Gasteiger charge is -2.46. The van der Waals surface area contributed by atoms with E-state index in [0.717, 1.165) is 30.0 Å². The third-order valence-electron chi connectivity index (χ3n) is 6.21. The molecule has 3 fully saturated rings. The molecule has 0 aromatic rings. The topological polar surface area (TPSA) is 15.3 Å². The van der Waals surface area contributed by atoms with Crippen LogP contribution in [0, 0.1) is 11.8 Å². The van der Waals surface area contributed by atoms with E-state index >= 15 is 0 Å². The Balaban J connectivity index is 1.67. The molecule has 0 spiro atoms. The minimum atomic E-state index is 0.734. The standard InChI is InChI=1S/C18H34N2/c1-3-14(2)17-13-20(16-8-6-4-5-7-9-16)18(12-19-17)15-10-11-15/h14-19H,3-13H2,1-2H3. The molecular formula is C18H34N2. The van der Waals surface area contributed by atoms with Gasteiger partial charge in [0, 0.05) is 31.2 Å². The Morgan fingerprint density at radius 2 is 1.75 bits per heavy atom. The molecule has 0 aromatic carbocycles. The Morgan fingerprint density at radius 1 is 1.05 bits per heavy atom. The lowest BCUT2D eigenvalue weighted by molar-refractivity contribution is 0.0484. The van der Waals surface area contributed by atoms with Crippen LogP contribution in [0.15, 0.2) is 0 Å². The van der Waals surface area contributed by atoms with Crippen molar-refractivity contribution in [3.63, 3.8) is 0 Å². The van der Waals surface area contributed by atoms with Gasteiger partial charge in [0.05, 0.1) is 0 Å². The zero-order chi connectivity index (χ0) is 13.9. The van der Waals surface area contributed by atoms with E-state index in [1.165, 1.54) is 70.9 Å². The van der Waals surface area contributed by atoms with Gasteiger partial charge in [0.1, 0.15) is 0 Å². The second-order valence-corrected chi connectivity index (χ2v) is 7.65. The maximum absolute atomic E-state index is 3.88. The molecule has 0 bridgehead atoms. The Kier molecular flexibility index (Phi) is 5.04. The fourth-order valence-corrected chi connectivity index (χ4v) is 4.41. The second-order valence-electron chi connectivity index (χ2n) is 7.65. The third-order valence-corrected chi connectivity index (χ3v) is 6.21. The zero-order valence-corrected chi connectivity index (χ0v) is 13.6. The van der Waals surface area contributed by atoms with Crippen LogP contribution in [0.25, 0.3) is 0 Å². The number of nitrogens with one attached hydrogen (secondary N) is 1. The van der Waals surface area contributed by atoms with Crippen LogP contribution >= 0.6 is 0 Å². The van der Waals surface area contributed by atoms with Crippen molar-refractivity contribution in [3.8, 4) is 0 Å². The molecule has 1 saturated heterocycles. The number of piperazine rings is 1. The summed E-state index contributed by atoms with van der Waals surface area (Å²) in [5.41, 5.74) is 0. The molecule has 3 unspecified atom stereocenters. The van der Waals surface area contributed by atoms with Gasteiger partial charge in [0.25, 0.3) is 0 Å². The van der Waals surface area contributed by atoms with E-state index in [9.17, 15) is 0 Å². The minimum Gasteiger partial charge on any atom is -0.311 e. The van der Waals surface area contributed by atoms with Crippen LogP contribution in [-0.2, 0) is 0 Å². The van der Waals surface area contributed by atoms with Crippen LogP contribution in [0.2, 0.25) is 0 Å². The van der Waals surface area contributed by atoms with Crippen molar-refractivity contribution in [1.82, 2.24) is 10.2 Å². The molecule has 1 N–H and O–H groups in total. The van der Waals surface area contributed by atoms with Crippen molar-refractivity contribution in [2.75, 3.05) is 13.1 Å². The Bertz CT molecular complexity index is 292. The van der Waals surface area contributed by atoms with Crippen LogP contribution in [0.4, 0.5) is 0 Å². The second kappa shape index (κ2) is 6.79. The summed E-state index contributed by atoms with van der Waals surface area (Å²) in [6.07, 6.45) is 13.1. The van der Waals surface area contributed by atoms with Gasteiger partial charge >= 0.3 is 0 Å². The molecule has 20 heavy (non-hydrogen) atoms. The van der Waals surface area contributed by atoms with Gasteiger partial charge in [-0.05, 0) is 37.5 Å². The quantitative estimate of drug-likeness (QED) is 0.787.